The summed E-state index contributed by atoms with van der Waals surface area (Å²) < 4.78 is 11.0. The SMILES string of the molecule is C=Cc1ccc2cccc(-n3c4ccccc4c4cc(-c5ccc6c(c5)c5c7ccccc7ccc5n6-c5nc6c7c(cccc7n5)Oc5ccccc5-6)ccc43)c2c1C=C. The van der Waals surface area contributed by atoms with E-state index in [1.54, 1.807) is 0 Å². The lowest BCUT2D eigenvalue weighted by atomic mass is 9.97. The minimum absolute atomic E-state index is 0.627. The number of fused-ring (bicyclic) bond motifs is 11. The van der Waals surface area contributed by atoms with Crippen molar-refractivity contribution in [2.75, 3.05) is 0 Å². The Kier molecular flexibility index (Phi) is 6.96. The molecular formula is C56H34N4O. The highest BCUT2D eigenvalue weighted by Crippen LogP contribution is 2.46. The molecule has 13 rings (SSSR count). The molecule has 0 saturated heterocycles. The first-order valence-electron chi connectivity index (χ1n) is 20.6. The van der Waals surface area contributed by atoms with E-state index in [0.29, 0.717) is 5.95 Å². The number of hydrogen-bond acceptors (Lipinski definition) is 3. The van der Waals surface area contributed by atoms with Crippen LogP contribution in [-0.2, 0) is 0 Å². The van der Waals surface area contributed by atoms with Crippen molar-refractivity contribution >= 4 is 88.2 Å². The van der Waals surface area contributed by atoms with Crippen molar-refractivity contribution in [3.8, 4) is 45.5 Å². The molecule has 0 atom stereocenters. The van der Waals surface area contributed by atoms with Crippen LogP contribution in [0.25, 0.3) is 122 Å². The molecule has 0 bridgehead atoms. The van der Waals surface area contributed by atoms with E-state index in [1.807, 2.05) is 42.5 Å². The van der Waals surface area contributed by atoms with Gasteiger partial charge in [-0.05, 0) is 105 Å². The largest absolute Gasteiger partial charge is 0.456 e. The van der Waals surface area contributed by atoms with Crippen LogP contribution in [0.15, 0.2) is 183 Å². The second-order valence-corrected chi connectivity index (χ2v) is 15.8. The first-order chi connectivity index (χ1) is 30.2. The minimum atomic E-state index is 0.627. The second kappa shape index (κ2) is 12.6. The maximum atomic E-state index is 6.34. The number of rotatable bonds is 5. The van der Waals surface area contributed by atoms with Gasteiger partial charge in [0.15, 0.2) is 0 Å². The Labute approximate surface area is 350 Å². The number of para-hydroxylation sites is 2. The Morgan fingerprint density at radius 2 is 1.15 bits per heavy atom. The van der Waals surface area contributed by atoms with Gasteiger partial charge in [-0.25, -0.2) is 9.97 Å². The van der Waals surface area contributed by atoms with Crippen molar-refractivity contribution in [3.63, 3.8) is 0 Å². The van der Waals surface area contributed by atoms with E-state index >= 15 is 0 Å². The highest BCUT2D eigenvalue weighted by atomic mass is 16.5. The summed E-state index contributed by atoms with van der Waals surface area (Å²) in [6.07, 6.45) is 3.87. The van der Waals surface area contributed by atoms with Crippen molar-refractivity contribution in [1.82, 2.24) is 19.1 Å². The second-order valence-electron chi connectivity index (χ2n) is 15.8. The van der Waals surface area contributed by atoms with Crippen LogP contribution in [0, 0.1) is 0 Å². The van der Waals surface area contributed by atoms with Crippen LogP contribution < -0.4 is 4.74 Å². The van der Waals surface area contributed by atoms with E-state index in [0.717, 1.165) is 99.8 Å². The third kappa shape index (κ3) is 4.71. The van der Waals surface area contributed by atoms with Gasteiger partial charge in [-0.2, -0.15) is 0 Å². The Bertz CT molecular complexity index is 3900. The molecule has 61 heavy (non-hydrogen) atoms. The number of hydrogen-bond donors (Lipinski definition) is 0. The number of ether oxygens (including phenoxy) is 1. The first kappa shape index (κ1) is 33.7. The molecule has 0 spiro atoms. The van der Waals surface area contributed by atoms with E-state index in [-0.39, 0.29) is 0 Å². The molecule has 0 unspecified atom stereocenters. The lowest BCUT2D eigenvalue weighted by molar-refractivity contribution is 0.486. The average molecular weight is 779 g/mol. The van der Waals surface area contributed by atoms with Gasteiger partial charge in [0.25, 0.3) is 0 Å². The standard InChI is InChI=1S/C56H34N4O/c1-3-33-23-24-35-14-11-20-48(52(35)38(33)4-2)59-45-19-9-7-16-40(45)42-31-36(26-28-46(42)59)37-27-29-47-43(32-37)53-39-15-6-5-13-34(39)25-30-49(53)60(47)56-57-44-18-12-22-51-54(44)55(58-56)41-17-8-10-21-50(41)61-51/h3-32H,1-2H2. The molecule has 0 amide bonds. The van der Waals surface area contributed by atoms with Gasteiger partial charge in [0.1, 0.15) is 11.5 Å². The van der Waals surface area contributed by atoms with Gasteiger partial charge >= 0.3 is 0 Å². The minimum Gasteiger partial charge on any atom is -0.456 e. The zero-order valence-corrected chi connectivity index (χ0v) is 32.9. The van der Waals surface area contributed by atoms with E-state index < -0.39 is 0 Å². The van der Waals surface area contributed by atoms with Crippen molar-refractivity contribution in [3.05, 3.63) is 194 Å². The van der Waals surface area contributed by atoms with E-state index in [1.165, 1.54) is 26.9 Å². The van der Waals surface area contributed by atoms with E-state index in [2.05, 4.69) is 162 Å². The third-order valence-electron chi connectivity index (χ3n) is 12.7. The molecule has 0 fully saturated rings. The quantitative estimate of drug-likeness (QED) is 0.175. The molecule has 1 aliphatic heterocycles. The van der Waals surface area contributed by atoms with Gasteiger partial charge in [-0.15, -0.1) is 0 Å². The Balaban J connectivity index is 1.05. The molecule has 0 saturated carbocycles. The maximum Gasteiger partial charge on any atom is 0.235 e. The molecule has 5 heteroatoms. The van der Waals surface area contributed by atoms with Gasteiger partial charge in [0.05, 0.1) is 44.4 Å². The summed E-state index contributed by atoms with van der Waals surface area (Å²) in [6.45, 7) is 8.33. The Morgan fingerprint density at radius 1 is 0.459 bits per heavy atom. The monoisotopic (exact) mass is 778 g/mol. The van der Waals surface area contributed by atoms with Crippen molar-refractivity contribution in [2.45, 2.75) is 0 Å². The van der Waals surface area contributed by atoms with E-state index in [4.69, 9.17) is 14.7 Å². The fourth-order valence-electron chi connectivity index (χ4n) is 9.97. The Hall–Kier alpha value is -8.28. The average Bonchev–Trinajstić information content (AvgIpc) is 3.83. The highest BCUT2D eigenvalue weighted by molar-refractivity contribution is 6.22. The smallest absolute Gasteiger partial charge is 0.235 e. The van der Waals surface area contributed by atoms with Crippen molar-refractivity contribution in [2.24, 2.45) is 0 Å². The molecule has 1 aliphatic rings. The summed E-state index contributed by atoms with van der Waals surface area (Å²) in [5.74, 6) is 2.20. The molecule has 3 aromatic heterocycles. The topological polar surface area (TPSA) is 44.9 Å². The fraction of sp³-hybridized carbons (Fsp3) is 0. The van der Waals surface area contributed by atoms with Gasteiger partial charge in [-0.1, -0.05) is 128 Å². The van der Waals surface area contributed by atoms with Gasteiger partial charge < -0.3 is 9.30 Å². The summed E-state index contributed by atoms with van der Waals surface area (Å²) in [5, 5.41) is 10.4. The van der Waals surface area contributed by atoms with E-state index in [9.17, 15) is 0 Å². The van der Waals surface area contributed by atoms with Gasteiger partial charge in [0.2, 0.25) is 5.95 Å². The summed E-state index contributed by atoms with van der Waals surface area (Å²) in [5.41, 5.74) is 12.6. The first-order valence-corrected chi connectivity index (χ1v) is 20.6. The zero-order valence-electron chi connectivity index (χ0n) is 32.9. The Morgan fingerprint density at radius 3 is 2.02 bits per heavy atom. The molecule has 9 aromatic carbocycles. The predicted molar refractivity (Wildman–Crippen MR) is 254 cm³/mol. The molecule has 0 aliphatic carbocycles. The van der Waals surface area contributed by atoms with Gasteiger partial charge in [-0.3, -0.25) is 4.57 Å². The molecule has 0 N–H and O–H groups in total. The highest BCUT2D eigenvalue weighted by Gasteiger charge is 2.25. The van der Waals surface area contributed by atoms with Crippen molar-refractivity contribution in [1.29, 1.82) is 0 Å². The third-order valence-corrected chi connectivity index (χ3v) is 12.7. The normalized spacial score (nSPS) is 12.2. The maximum absolute atomic E-state index is 6.34. The number of nitrogens with zero attached hydrogens (tertiary/aromatic N) is 4. The summed E-state index contributed by atoms with van der Waals surface area (Å²) in [7, 11) is 0. The molecule has 5 nitrogen and oxygen atoms in total. The van der Waals surface area contributed by atoms with Gasteiger partial charge in [0, 0.05) is 32.5 Å². The van der Waals surface area contributed by atoms with Crippen LogP contribution in [0.3, 0.4) is 0 Å². The molecule has 0 radical (unpaired) electrons. The number of benzene rings is 9. The lowest BCUT2D eigenvalue weighted by Gasteiger charge is -2.21. The fourth-order valence-corrected chi connectivity index (χ4v) is 9.97. The predicted octanol–water partition coefficient (Wildman–Crippen LogP) is 14.9. The molecular weight excluding hydrogens is 745 g/mol. The lowest BCUT2D eigenvalue weighted by Crippen LogP contribution is -2.06. The van der Waals surface area contributed by atoms with Crippen LogP contribution in [0.5, 0.6) is 11.5 Å². The van der Waals surface area contributed by atoms with Crippen LogP contribution in [-0.4, -0.2) is 19.1 Å². The van der Waals surface area contributed by atoms with Crippen LogP contribution in [0.4, 0.5) is 0 Å². The molecule has 4 heterocycles. The van der Waals surface area contributed by atoms with Crippen LogP contribution in [0.1, 0.15) is 11.1 Å². The van der Waals surface area contributed by atoms with Crippen LogP contribution >= 0.6 is 0 Å². The molecule has 12 aromatic rings. The summed E-state index contributed by atoms with van der Waals surface area (Å²) in [6, 6.07) is 60.5. The van der Waals surface area contributed by atoms with Crippen LogP contribution in [0.2, 0.25) is 0 Å². The number of aromatic nitrogens is 4. The molecule has 284 valence electrons. The zero-order chi connectivity index (χ0) is 40.3. The van der Waals surface area contributed by atoms with Crippen molar-refractivity contribution < 1.29 is 4.74 Å². The summed E-state index contributed by atoms with van der Waals surface area (Å²) >= 11 is 0. The summed E-state index contributed by atoms with van der Waals surface area (Å²) in [4.78, 5) is 10.6.